The van der Waals surface area contributed by atoms with Crippen molar-refractivity contribution in [1.82, 2.24) is 19.9 Å². The van der Waals surface area contributed by atoms with Gasteiger partial charge in [0.25, 0.3) is 5.91 Å². The molecule has 0 radical (unpaired) electrons. The molecule has 0 aliphatic heterocycles. The number of anilines is 1. The lowest BCUT2D eigenvalue weighted by Crippen LogP contribution is -2.30. The molecule has 7 heteroatoms. The van der Waals surface area contributed by atoms with Crippen LogP contribution in [0, 0.1) is 0 Å². The number of benzene rings is 3. The first-order valence-electron chi connectivity index (χ1n) is 12.5. The van der Waals surface area contributed by atoms with E-state index in [1.807, 2.05) is 59.5 Å². The van der Waals surface area contributed by atoms with Crippen molar-refractivity contribution < 1.29 is 4.79 Å². The fraction of sp³-hybridized carbons (Fsp3) is 0.161. The SMILES string of the molecule is CC(C)Nc1ncnc2ccc(-c3cccc(CN(Cc4ccccc4)C(=O)c4cccc(Br)n4)c3)cc12. The molecule has 0 atom stereocenters. The molecule has 0 saturated heterocycles. The van der Waals surface area contributed by atoms with E-state index in [1.54, 1.807) is 12.4 Å². The largest absolute Gasteiger partial charge is 0.367 e. The van der Waals surface area contributed by atoms with E-state index in [-0.39, 0.29) is 11.9 Å². The standard InChI is InChI=1S/C31H28BrN5O/c1-21(2)35-30-26-17-25(14-15-27(26)33-20-34-30)24-11-6-10-23(16-24)19-37(18-22-8-4-3-5-9-22)31(38)28-12-7-13-29(32)36-28/h3-17,20-21H,18-19H2,1-2H3,(H,33,34,35). The molecule has 0 spiro atoms. The van der Waals surface area contributed by atoms with Crippen molar-refractivity contribution in [2.45, 2.75) is 33.0 Å². The molecule has 0 fully saturated rings. The van der Waals surface area contributed by atoms with Gasteiger partial charge in [0.1, 0.15) is 22.4 Å². The molecule has 2 aromatic heterocycles. The summed E-state index contributed by atoms with van der Waals surface area (Å²) in [6, 6.07) is 30.2. The zero-order valence-electron chi connectivity index (χ0n) is 21.3. The van der Waals surface area contributed by atoms with Crippen LogP contribution in [0.1, 0.15) is 35.5 Å². The molecule has 0 aliphatic carbocycles. The summed E-state index contributed by atoms with van der Waals surface area (Å²) in [7, 11) is 0. The summed E-state index contributed by atoms with van der Waals surface area (Å²) in [5, 5.41) is 4.39. The number of pyridine rings is 1. The molecular formula is C31H28BrN5O. The van der Waals surface area contributed by atoms with Gasteiger partial charge in [0, 0.05) is 24.5 Å². The predicted molar refractivity (Wildman–Crippen MR) is 156 cm³/mol. The van der Waals surface area contributed by atoms with Gasteiger partial charge in [-0.1, -0.05) is 60.7 Å². The van der Waals surface area contributed by atoms with Crippen molar-refractivity contribution in [2.24, 2.45) is 0 Å². The zero-order chi connectivity index (χ0) is 26.5. The van der Waals surface area contributed by atoms with Gasteiger partial charge in [-0.15, -0.1) is 0 Å². The predicted octanol–water partition coefficient (Wildman–Crippen LogP) is 7.12. The van der Waals surface area contributed by atoms with Gasteiger partial charge >= 0.3 is 0 Å². The Kier molecular flexibility index (Phi) is 7.75. The Morgan fingerprint density at radius 3 is 2.37 bits per heavy atom. The van der Waals surface area contributed by atoms with E-state index in [9.17, 15) is 4.79 Å². The number of aromatic nitrogens is 3. The van der Waals surface area contributed by atoms with Crippen molar-refractivity contribution in [3.63, 3.8) is 0 Å². The van der Waals surface area contributed by atoms with Crippen LogP contribution in [0.2, 0.25) is 0 Å². The number of carbonyl (C=O) groups is 1. The number of amides is 1. The third-order valence-electron chi connectivity index (χ3n) is 6.13. The lowest BCUT2D eigenvalue weighted by molar-refractivity contribution is 0.0724. The molecular weight excluding hydrogens is 538 g/mol. The van der Waals surface area contributed by atoms with Crippen molar-refractivity contribution in [3.05, 3.63) is 119 Å². The molecule has 2 heterocycles. The fourth-order valence-electron chi connectivity index (χ4n) is 4.39. The van der Waals surface area contributed by atoms with Gasteiger partial charge in [0.05, 0.1) is 5.52 Å². The molecule has 1 N–H and O–H groups in total. The summed E-state index contributed by atoms with van der Waals surface area (Å²) in [5.41, 5.74) is 5.53. The molecule has 0 aliphatic rings. The first-order chi connectivity index (χ1) is 18.5. The number of nitrogens with zero attached hydrogens (tertiary/aromatic N) is 4. The highest BCUT2D eigenvalue weighted by Crippen LogP contribution is 2.28. The molecule has 190 valence electrons. The maximum atomic E-state index is 13.6. The second-order valence-electron chi connectivity index (χ2n) is 9.45. The minimum Gasteiger partial charge on any atom is -0.367 e. The number of halogens is 1. The number of hydrogen-bond acceptors (Lipinski definition) is 5. The van der Waals surface area contributed by atoms with Crippen LogP contribution in [0.4, 0.5) is 5.82 Å². The Hall–Kier alpha value is -4.10. The Morgan fingerprint density at radius 2 is 1.58 bits per heavy atom. The van der Waals surface area contributed by atoms with Crippen LogP contribution in [0.15, 0.2) is 102 Å². The number of hydrogen-bond donors (Lipinski definition) is 1. The number of carbonyl (C=O) groups excluding carboxylic acids is 1. The van der Waals surface area contributed by atoms with Crippen LogP contribution in [0.3, 0.4) is 0 Å². The molecule has 0 saturated carbocycles. The second-order valence-corrected chi connectivity index (χ2v) is 10.3. The lowest BCUT2D eigenvalue weighted by atomic mass is 10.0. The van der Waals surface area contributed by atoms with E-state index >= 15 is 0 Å². The third-order valence-corrected chi connectivity index (χ3v) is 6.57. The first kappa shape index (κ1) is 25.5. The fourth-order valence-corrected chi connectivity index (χ4v) is 4.73. The molecule has 6 nitrogen and oxygen atoms in total. The smallest absolute Gasteiger partial charge is 0.273 e. The zero-order valence-corrected chi connectivity index (χ0v) is 22.9. The van der Waals surface area contributed by atoms with Gasteiger partial charge in [-0.3, -0.25) is 4.79 Å². The van der Waals surface area contributed by atoms with Crippen LogP contribution in [0.5, 0.6) is 0 Å². The maximum Gasteiger partial charge on any atom is 0.273 e. The summed E-state index contributed by atoms with van der Waals surface area (Å²) in [4.78, 5) is 28.7. The van der Waals surface area contributed by atoms with Crippen LogP contribution < -0.4 is 5.32 Å². The van der Waals surface area contributed by atoms with Crippen LogP contribution in [-0.4, -0.2) is 31.8 Å². The molecule has 1 amide bonds. The van der Waals surface area contributed by atoms with Gasteiger partial charge in [-0.05, 0) is 82.4 Å². The van der Waals surface area contributed by atoms with Crippen LogP contribution in [-0.2, 0) is 13.1 Å². The number of rotatable bonds is 8. The summed E-state index contributed by atoms with van der Waals surface area (Å²) in [6.07, 6.45) is 1.59. The first-order valence-corrected chi connectivity index (χ1v) is 13.3. The van der Waals surface area contributed by atoms with E-state index in [4.69, 9.17) is 0 Å². The van der Waals surface area contributed by atoms with Crippen molar-refractivity contribution in [3.8, 4) is 11.1 Å². The normalized spacial score (nSPS) is 11.1. The van der Waals surface area contributed by atoms with Crippen molar-refractivity contribution >= 4 is 38.6 Å². The topological polar surface area (TPSA) is 71.0 Å². The lowest BCUT2D eigenvalue weighted by Gasteiger charge is -2.23. The Labute approximate surface area is 230 Å². The Morgan fingerprint density at radius 1 is 0.842 bits per heavy atom. The minimum absolute atomic E-state index is 0.118. The highest BCUT2D eigenvalue weighted by atomic mass is 79.9. The Balaban J connectivity index is 1.47. The molecule has 3 aromatic carbocycles. The average molecular weight is 567 g/mol. The molecule has 5 aromatic rings. The average Bonchev–Trinajstić information content (AvgIpc) is 2.93. The van der Waals surface area contributed by atoms with Gasteiger partial charge in [-0.2, -0.15) is 0 Å². The summed E-state index contributed by atoms with van der Waals surface area (Å²) in [5.74, 6) is 0.706. The van der Waals surface area contributed by atoms with E-state index in [2.05, 4.69) is 80.4 Å². The minimum atomic E-state index is -0.118. The van der Waals surface area contributed by atoms with E-state index in [0.717, 1.165) is 39.0 Å². The molecule has 0 unspecified atom stereocenters. The maximum absolute atomic E-state index is 13.6. The van der Waals surface area contributed by atoms with Gasteiger partial charge in [0.2, 0.25) is 0 Å². The quantitative estimate of drug-likeness (QED) is 0.203. The molecule has 38 heavy (non-hydrogen) atoms. The molecule has 5 rings (SSSR count). The van der Waals surface area contributed by atoms with Gasteiger partial charge in [-0.25, -0.2) is 15.0 Å². The van der Waals surface area contributed by atoms with Crippen molar-refractivity contribution in [1.29, 1.82) is 0 Å². The highest BCUT2D eigenvalue weighted by Gasteiger charge is 2.19. The van der Waals surface area contributed by atoms with Crippen molar-refractivity contribution in [2.75, 3.05) is 5.32 Å². The van der Waals surface area contributed by atoms with Crippen LogP contribution >= 0.6 is 15.9 Å². The van der Waals surface area contributed by atoms with E-state index < -0.39 is 0 Å². The molecule has 0 bridgehead atoms. The number of fused-ring (bicyclic) bond motifs is 1. The summed E-state index contributed by atoms with van der Waals surface area (Å²) >= 11 is 3.39. The van der Waals surface area contributed by atoms with Gasteiger partial charge in [0.15, 0.2) is 0 Å². The van der Waals surface area contributed by atoms with E-state index in [1.165, 1.54) is 0 Å². The monoisotopic (exact) mass is 565 g/mol. The van der Waals surface area contributed by atoms with Gasteiger partial charge < -0.3 is 10.2 Å². The second kappa shape index (κ2) is 11.5. The summed E-state index contributed by atoms with van der Waals surface area (Å²) in [6.45, 7) is 5.11. The Bertz CT molecular complexity index is 1570. The number of nitrogens with one attached hydrogen (secondary N) is 1. The van der Waals surface area contributed by atoms with E-state index in [0.29, 0.717) is 23.4 Å². The highest BCUT2D eigenvalue weighted by molar-refractivity contribution is 9.10. The summed E-state index contributed by atoms with van der Waals surface area (Å²) < 4.78 is 0.636. The van der Waals surface area contributed by atoms with Crippen LogP contribution in [0.25, 0.3) is 22.0 Å². The third kappa shape index (κ3) is 6.06.